The zero-order valence-corrected chi connectivity index (χ0v) is 21.8. The maximum atomic E-state index is 12.5. The van der Waals surface area contributed by atoms with Gasteiger partial charge in [-0.15, -0.1) is 0 Å². The molecule has 190 valence electrons. The summed E-state index contributed by atoms with van der Waals surface area (Å²) in [6, 6.07) is 18.6. The van der Waals surface area contributed by atoms with Crippen LogP contribution in [0.3, 0.4) is 0 Å². The van der Waals surface area contributed by atoms with E-state index in [0.717, 1.165) is 17.4 Å². The first-order valence-corrected chi connectivity index (χ1v) is 13.5. The van der Waals surface area contributed by atoms with Crippen LogP contribution in [0.2, 0.25) is 5.02 Å². The number of hydrazone groups is 1. The Morgan fingerprint density at radius 1 is 0.972 bits per heavy atom. The molecule has 0 saturated heterocycles. The maximum absolute atomic E-state index is 12.5. The monoisotopic (exact) mass is 529 g/mol. The van der Waals surface area contributed by atoms with Crippen LogP contribution in [0, 0.1) is 0 Å². The van der Waals surface area contributed by atoms with E-state index in [4.69, 9.17) is 21.1 Å². The van der Waals surface area contributed by atoms with Gasteiger partial charge in [-0.25, -0.2) is 13.8 Å². The molecule has 0 aliphatic carbocycles. The topological polar surface area (TPSA) is 97.3 Å². The van der Waals surface area contributed by atoms with Gasteiger partial charge in [-0.2, -0.15) is 5.10 Å². The van der Waals surface area contributed by atoms with Crippen LogP contribution in [-0.2, 0) is 16.6 Å². The molecule has 0 bridgehead atoms. The Hall–Kier alpha value is -3.56. The van der Waals surface area contributed by atoms with Gasteiger partial charge >= 0.3 is 0 Å². The molecule has 0 unspecified atom stereocenters. The van der Waals surface area contributed by atoms with Gasteiger partial charge in [-0.3, -0.25) is 9.10 Å². The van der Waals surface area contributed by atoms with Gasteiger partial charge in [0, 0.05) is 10.6 Å². The van der Waals surface area contributed by atoms with Gasteiger partial charge < -0.3 is 9.47 Å². The van der Waals surface area contributed by atoms with Crippen molar-refractivity contribution in [3.05, 3.63) is 88.4 Å². The van der Waals surface area contributed by atoms with E-state index in [1.54, 1.807) is 66.7 Å². The number of carbonyl (C=O) groups excluding carboxylic acids is 1. The molecule has 0 aliphatic heterocycles. The number of rotatable bonds is 11. The van der Waals surface area contributed by atoms with Gasteiger partial charge in [0.1, 0.15) is 0 Å². The quantitative estimate of drug-likeness (QED) is 0.282. The van der Waals surface area contributed by atoms with Crippen molar-refractivity contribution in [3.8, 4) is 11.5 Å². The first kappa shape index (κ1) is 27.0. The molecule has 10 heteroatoms. The lowest BCUT2D eigenvalue weighted by Crippen LogP contribution is -2.29. The zero-order chi connectivity index (χ0) is 26.1. The van der Waals surface area contributed by atoms with Gasteiger partial charge in [0.2, 0.25) is 10.0 Å². The van der Waals surface area contributed by atoms with E-state index in [9.17, 15) is 13.2 Å². The molecule has 0 fully saturated rings. The van der Waals surface area contributed by atoms with Crippen LogP contribution in [0.4, 0.5) is 5.69 Å². The first-order valence-electron chi connectivity index (χ1n) is 11.3. The van der Waals surface area contributed by atoms with Crippen molar-refractivity contribution in [1.29, 1.82) is 0 Å². The van der Waals surface area contributed by atoms with E-state index in [1.165, 1.54) is 10.5 Å². The highest BCUT2D eigenvalue weighted by atomic mass is 35.5. The summed E-state index contributed by atoms with van der Waals surface area (Å²) in [5.41, 5.74) is 4.75. The Bertz CT molecular complexity index is 1310. The minimum Gasteiger partial charge on any atom is -0.490 e. The second-order valence-electron chi connectivity index (χ2n) is 7.71. The summed E-state index contributed by atoms with van der Waals surface area (Å²) in [4.78, 5) is 12.5. The molecule has 3 aromatic carbocycles. The summed E-state index contributed by atoms with van der Waals surface area (Å²) in [5, 5.41) is 4.59. The molecule has 0 atom stereocenters. The number of carbonyl (C=O) groups is 1. The lowest BCUT2D eigenvalue weighted by Gasteiger charge is -2.22. The number of hydrogen-bond donors (Lipinski definition) is 1. The Labute approximate surface area is 216 Å². The first-order chi connectivity index (χ1) is 17.2. The van der Waals surface area contributed by atoms with Gasteiger partial charge in [0.15, 0.2) is 11.5 Å². The van der Waals surface area contributed by atoms with Gasteiger partial charge in [0.05, 0.1) is 37.9 Å². The minimum atomic E-state index is -3.56. The molecular formula is C26H28ClN3O5S. The van der Waals surface area contributed by atoms with Gasteiger partial charge in [-0.05, 0) is 79.6 Å². The summed E-state index contributed by atoms with van der Waals surface area (Å²) in [7, 11) is -3.56. The van der Waals surface area contributed by atoms with Crippen molar-refractivity contribution in [1.82, 2.24) is 5.43 Å². The highest BCUT2D eigenvalue weighted by molar-refractivity contribution is 7.92. The number of nitrogens with one attached hydrogen (secondary N) is 1. The van der Waals surface area contributed by atoms with Crippen molar-refractivity contribution in [2.24, 2.45) is 5.10 Å². The Morgan fingerprint density at radius 3 is 2.22 bits per heavy atom. The molecule has 1 amide bonds. The SMILES string of the molecule is CCOc1ccc(/C=N\NC(=O)c2ccc(N(Cc3ccc(Cl)cc3)S(C)(=O)=O)cc2)cc1OCC. The standard InChI is InChI=1S/C26H28ClN3O5S/c1-4-34-24-15-8-20(16-25(24)35-5-2)17-28-29-26(31)21-9-13-23(14-10-21)30(36(3,32)33)18-19-6-11-22(27)12-7-19/h6-17H,4-5,18H2,1-3H3,(H,29,31)/b28-17-. The molecule has 0 spiro atoms. The average molecular weight is 530 g/mol. The lowest BCUT2D eigenvalue weighted by atomic mass is 10.2. The van der Waals surface area contributed by atoms with Crippen LogP contribution in [0.5, 0.6) is 11.5 Å². The van der Waals surface area contributed by atoms with E-state index < -0.39 is 15.9 Å². The summed E-state index contributed by atoms with van der Waals surface area (Å²) < 4.78 is 37.2. The number of nitrogens with zero attached hydrogens (tertiary/aromatic N) is 2. The van der Waals surface area contributed by atoms with E-state index in [0.29, 0.717) is 41.0 Å². The maximum Gasteiger partial charge on any atom is 0.271 e. The number of anilines is 1. The Balaban J connectivity index is 1.69. The smallest absolute Gasteiger partial charge is 0.271 e. The summed E-state index contributed by atoms with van der Waals surface area (Å²) >= 11 is 5.92. The molecule has 0 aliphatic rings. The van der Waals surface area contributed by atoms with Crippen molar-refractivity contribution >= 4 is 39.4 Å². The van der Waals surface area contributed by atoms with Gasteiger partial charge in [0.25, 0.3) is 5.91 Å². The molecule has 8 nitrogen and oxygen atoms in total. The van der Waals surface area contributed by atoms with E-state index >= 15 is 0 Å². The second-order valence-corrected chi connectivity index (χ2v) is 10.1. The normalized spacial score (nSPS) is 11.3. The van der Waals surface area contributed by atoms with Crippen LogP contribution in [-0.4, -0.2) is 40.0 Å². The zero-order valence-electron chi connectivity index (χ0n) is 20.3. The van der Waals surface area contributed by atoms with Crippen molar-refractivity contribution < 1.29 is 22.7 Å². The van der Waals surface area contributed by atoms with Crippen LogP contribution < -0.4 is 19.2 Å². The fraction of sp³-hybridized carbons (Fsp3) is 0.231. The molecule has 0 heterocycles. The molecule has 0 radical (unpaired) electrons. The third-order valence-corrected chi connectivity index (χ3v) is 6.40. The largest absolute Gasteiger partial charge is 0.490 e. The average Bonchev–Trinajstić information content (AvgIpc) is 2.85. The number of amides is 1. The summed E-state index contributed by atoms with van der Waals surface area (Å²) in [6.07, 6.45) is 2.64. The van der Waals surface area contributed by atoms with Crippen LogP contribution in [0.15, 0.2) is 71.8 Å². The summed E-state index contributed by atoms with van der Waals surface area (Å²) in [6.45, 7) is 4.92. The van der Waals surface area contributed by atoms with Crippen LogP contribution in [0.25, 0.3) is 0 Å². The van der Waals surface area contributed by atoms with E-state index in [1.807, 2.05) is 13.8 Å². The third-order valence-electron chi connectivity index (χ3n) is 5.00. The van der Waals surface area contributed by atoms with E-state index in [-0.39, 0.29) is 6.54 Å². The number of ether oxygens (including phenoxy) is 2. The second kappa shape index (κ2) is 12.4. The van der Waals surface area contributed by atoms with Gasteiger partial charge in [-0.1, -0.05) is 23.7 Å². The molecule has 3 rings (SSSR count). The molecule has 0 aromatic heterocycles. The van der Waals surface area contributed by atoms with E-state index in [2.05, 4.69) is 10.5 Å². The summed E-state index contributed by atoms with van der Waals surface area (Å²) in [5.74, 6) is 0.802. The molecule has 36 heavy (non-hydrogen) atoms. The predicted molar refractivity (Wildman–Crippen MR) is 143 cm³/mol. The highest BCUT2D eigenvalue weighted by Crippen LogP contribution is 2.28. The minimum absolute atomic E-state index is 0.137. The highest BCUT2D eigenvalue weighted by Gasteiger charge is 2.18. The van der Waals surface area contributed by atoms with Crippen molar-refractivity contribution in [3.63, 3.8) is 0 Å². The number of halogens is 1. The lowest BCUT2D eigenvalue weighted by molar-refractivity contribution is 0.0955. The molecule has 0 saturated carbocycles. The fourth-order valence-electron chi connectivity index (χ4n) is 3.31. The number of benzene rings is 3. The molecular weight excluding hydrogens is 502 g/mol. The van der Waals surface area contributed by atoms with Crippen molar-refractivity contribution in [2.45, 2.75) is 20.4 Å². The Kier molecular flexibility index (Phi) is 9.32. The number of sulfonamides is 1. The third kappa shape index (κ3) is 7.47. The van der Waals surface area contributed by atoms with Crippen LogP contribution >= 0.6 is 11.6 Å². The fourth-order valence-corrected chi connectivity index (χ4v) is 4.33. The molecule has 3 aromatic rings. The van der Waals surface area contributed by atoms with Crippen molar-refractivity contribution in [2.75, 3.05) is 23.8 Å². The Morgan fingerprint density at radius 2 is 1.61 bits per heavy atom. The molecule has 1 N–H and O–H groups in total. The van der Waals surface area contributed by atoms with Crippen LogP contribution in [0.1, 0.15) is 35.3 Å². The number of hydrogen-bond acceptors (Lipinski definition) is 6. The predicted octanol–water partition coefficient (Wildman–Crippen LogP) is 4.87.